The smallest absolute Gasteiger partial charge is 0.305 e. The summed E-state index contributed by atoms with van der Waals surface area (Å²) in [5, 5.41) is 14.5. The van der Waals surface area contributed by atoms with Crippen LogP contribution >= 0.6 is 0 Å². The number of carboxylic acid groups (broad SMARTS) is 1. The Balaban J connectivity index is 2.16. The molecule has 0 fully saturated rings. The lowest BCUT2D eigenvalue weighted by Gasteiger charge is -2.28. The van der Waals surface area contributed by atoms with Gasteiger partial charge < -0.3 is 15.7 Å². The van der Waals surface area contributed by atoms with Crippen LogP contribution in [-0.4, -0.2) is 28.4 Å². The second-order valence-corrected chi connectivity index (χ2v) is 5.86. The molecule has 6 nitrogen and oxygen atoms in total. The van der Waals surface area contributed by atoms with Crippen LogP contribution in [0.4, 0.5) is 5.69 Å². The molecule has 0 saturated carbocycles. The molecule has 1 aliphatic rings. The first kappa shape index (κ1) is 16.0. The fraction of sp³-hybridized carbons (Fsp3) is 0.438. The topological polar surface area (TPSA) is 95.5 Å². The minimum atomic E-state index is -0.946. The van der Waals surface area contributed by atoms with Gasteiger partial charge in [0, 0.05) is 23.2 Å². The van der Waals surface area contributed by atoms with E-state index in [1.54, 1.807) is 25.1 Å². The van der Waals surface area contributed by atoms with Crippen molar-refractivity contribution in [2.75, 3.05) is 5.32 Å². The van der Waals surface area contributed by atoms with Gasteiger partial charge in [0.1, 0.15) is 0 Å². The third-order valence-electron chi connectivity index (χ3n) is 4.00. The van der Waals surface area contributed by atoms with Gasteiger partial charge in [-0.25, -0.2) is 0 Å². The number of anilines is 1. The van der Waals surface area contributed by atoms with Gasteiger partial charge in [-0.3, -0.25) is 14.4 Å². The lowest BCUT2D eigenvalue weighted by atomic mass is 9.93. The van der Waals surface area contributed by atoms with Crippen molar-refractivity contribution >= 4 is 23.5 Å². The van der Waals surface area contributed by atoms with E-state index in [0.717, 1.165) is 11.3 Å². The van der Waals surface area contributed by atoms with Gasteiger partial charge in [-0.1, -0.05) is 6.92 Å². The summed E-state index contributed by atoms with van der Waals surface area (Å²) in [7, 11) is 0. The van der Waals surface area contributed by atoms with Gasteiger partial charge in [-0.15, -0.1) is 0 Å². The Morgan fingerprint density at radius 3 is 2.73 bits per heavy atom. The SMILES string of the molecule is CC[C@@](C)(CC(=O)O)NC(=O)c1ccc2c(c1)CCC(=O)N2. The van der Waals surface area contributed by atoms with Crippen molar-refractivity contribution < 1.29 is 19.5 Å². The fourth-order valence-electron chi connectivity index (χ4n) is 2.46. The molecule has 1 aromatic carbocycles. The highest BCUT2D eigenvalue weighted by atomic mass is 16.4. The Labute approximate surface area is 128 Å². The lowest BCUT2D eigenvalue weighted by molar-refractivity contribution is -0.138. The molecular formula is C16H20N2O4. The molecule has 0 saturated heterocycles. The molecule has 1 atom stereocenters. The maximum absolute atomic E-state index is 12.4. The Kier molecular flexibility index (Phi) is 4.49. The predicted octanol–water partition coefficient (Wildman–Crippen LogP) is 1.94. The number of hydrogen-bond donors (Lipinski definition) is 3. The normalized spacial score (nSPS) is 16.2. The minimum Gasteiger partial charge on any atom is -0.481 e. The molecule has 6 heteroatoms. The molecule has 1 heterocycles. The van der Waals surface area contributed by atoms with E-state index in [9.17, 15) is 14.4 Å². The molecule has 1 aromatic rings. The third kappa shape index (κ3) is 3.63. The monoisotopic (exact) mass is 304 g/mol. The standard InChI is InChI=1S/C16H20N2O4/c1-3-16(2,9-14(20)21)18-15(22)11-4-6-12-10(8-11)5-7-13(19)17-12/h4,6,8H,3,5,7,9H2,1-2H3,(H,17,19)(H,18,22)(H,20,21)/t16-/m0/s1. The molecule has 0 aromatic heterocycles. The van der Waals surface area contributed by atoms with Crippen LogP contribution in [0.25, 0.3) is 0 Å². The molecule has 0 radical (unpaired) electrons. The lowest BCUT2D eigenvalue weighted by Crippen LogP contribution is -2.47. The zero-order valence-electron chi connectivity index (χ0n) is 12.7. The Morgan fingerprint density at radius 2 is 2.09 bits per heavy atom. The highest BCUT2D eigenvalue weighted by molar-refractivity contribution is 5.98. The number of nitrogens with one attached hydrogen (secondary N) is 2. The average Bonchev–Trinajstić information content (AvgIpc) is 2.45. The molecular weight excluding hydrogens is 284 g/mol. The number of rotatable bonds is 5. The Hall–Kier alpha value is -2.37. The Morgan fingerprint density at radius 1 is 1.36 bits per heavy atom. The quantitative estimate of drug-likeness (QED) is 0.774. The number of amides is 2. The van der Waals surface area contributed by atoms with E-state index in [1.807, 2.05) is 6.92 Å². The summed E-state index contributed by atoms with van der Waals surface area (Å²) in [4.78, 5) is 34.6. The average molecular weight is 304 g/mol. The summed E-state index contributed by atoms with van der Waals surface area (Å²) in [5.74, 6) is -1.27. The maximum atomic E-state index is 12.4. The second kappa shape index (κ2) is 6.17. The number of carboxylic acids is 1. The molecule has 2 amide bonds. The summed E-state index contributed by atoms with van der Waals surface area (Å²) in [6, 6.07) is 5.10. The van der Waals surface area contributed by atoms with E-state index in [4.69, 9.17) is 5.11 Å². The highest BCUT2D eigenvalue weighted by Gasteiger charge is 2.28. The summed E-state index contributed by atoms with van der Waals surface area (Å²) in [5.41, 5.74) is 1.34. The largest absolute Gasteiger partial charge is 0.481 e. The van der Waals surface area contributed by atoms with Crippen LogP contribution in [0, 0.1) is 0 Å². The third-order valence-corrected chi connectivity index (χ3v) is 4.00. The number of carbonyl (C=O) groups excluding carboxylic acids is 2. The van der Waals surface area contributed by atoms with Crippen molar-refractivity contribution in [3.05, 3.63) is 29.3 Å². The van der Waals surface area contributed by atoms with Gasteiger partial charge in [0.25, 0.3) is 5.91 Å². The molecule has 0 spiro atoms. The van der Waals surface area contributed by atoms with Gasteiger partial charge in [-0.2, -0.15) is 0 Å². The summed E-state index contributed by atoms with van der Waals surface area (Å²) >= 11 is 0. The molecule has 118 valence electrons. The van der Waals surface area contributed by atoms with E-state index in [2.05, 4.69) is 10.6 Å². The zero-order chi connectivity index (χ0) is 16.3. The van der Waals surface area contributed by atoms with Crippen LogP contribution in [0.15, 0.2) is 18.2 Å². The number of aryl methyl sites for hydroxylation is 1. The molecule has 3 N–H and O–H groups in total. The van der Waals surface area contributed by atoms with Crippen molar-refractivity contribution in [2.45, 2.75) is 45.1 Å². The van der Waals surface area contributed by atoms with Crippen molar-refractivity contribution in [3.63, 3.8) is 0 Å². The molecule has 0 bridgehead atoms. The van der Waals surface area contributed by atoms with E-state index in [0.29, 0.717) is 24.8 Å². The zero-order valence-corrected chi connectivity index (χ0v) is 12.7. The molecule has 0 unspecified atom stereocenters. The Bertz CT molecular complexity index is 627. The molecule has 22 heavy (non-hydrogen) atoms. The van der Waals surface area contributed by atoms with Gasteiger partial charge in [0.2, 0.25) is 5.91 Å². The second-order valence-electron chi connectivity index (χ2n) is 5.86. The van der Waals surface area contributed by atoms with E-state index < -0.39 is 11.5 Å². The molecule has 2 rings (SSSR count). The molecule has 0 aliphatic carbocycles. The number of benzene rings is 1. The van der Waals surface area contributed by atoms with Crippen LogP contribution in [0.2, 0.25) is 0 Å². The van der Waals surface area contributed by atoms with Crippen LogP contribution < -0.4 is 10.6 Å². The summed E-state index contributed by atoms with van der Waals surface area (Å²) in [6.45, 7) is 3.56. The van der Waals surface area contributed by atoms with Crippen LogP contribution in [0.3, 0.4) is 0 Å². The summed E-state index contributed by atoms with van der Waals surface area (Å²) in [6.07, 6.45) is 1.40. The van der Waals surface area contributed by atoms with Crippen LogP contribution in [-0.2, 0) is 16.0 Å². The first-order valence-electron chi connectivity index (χ1n) is 7.30. The fourth-order valence-corrected chi connectivity index (χ4v) is 2.46. The first-order chi connectivity index (χ1) is 10.3. The number of carbonyl (C=O) groups is 3. The van der Waals surface area contributed by atoms with E-state index in [-0.39, 0.29) is 18.2 Å². The van der Waals surface area contributed by atoms with Crippen LogP contribution in [0.1, 0.15) is 49.0 Å². The van der Waals surface area contributed by atoms with Crippen molar-refractivity contribution in [1.29, 1.82) is 0 Å². The van der Waals surface area contributed by atoms with Gasteiger partial charge in [0.15, 0.2) is 0 Å². The van der Waals surface area contributed by atoms with Gasteiger partial charge in [-0.05, 0) is 43.5 Å². The van der Waals surface area contributed by atoms with Crippen molar-refractivity contribution in [2.24, 2.45) is 0 Å². The first-order valence-corrected chi connectivity index (χ1v) is 7.30. The van der Waals surface area contributed by atoms with Crippen LogP contribution in [0.5, 0.6) is 0 Å². The van der Waals surface area contributed by atoms with Gasteiger partial charge >= 0.3 is 5.97 Å². The molecule has 1 aliphatic heterocycles. The van der Waals surface area contributed by atoms with Gasteiger partial charge in [0.05, 0.1) is 6.42 Å². The number of aliphatic carboxylic acids is 1. The van der Waals surface area contributed by atoms with E-state index in [1.165, 1.54) is 0 Å². The van der Waals surface area contributed by atoms with Crippen molar-refractivity contribution in [3.8, 4) is 0 Å². The highest BCUT2D eigenvalue weighted by Crippen LogP contribution is 2.24. The minimum absolute atomic E-state index is 0.0234. The summed E-state index contributed by atoms with van der Waals surface area (Å²) < 4.78 is 0. The predicted molar refractivity (Wildman–Crippen MR) is 81.8 cm³/mol. The number of fused-ring (bicyclic) bond motifs is 1. The maximum Gasteiger partial charge on any atom is 0.305 e. The van der Waals surface area contributed by atoms with Crippen molar-refractivity contribution in [1.82, 2.24) is 5.32 Å². The van der Waals surface area contributed by atoms with E-state index >= 15 is 0 Å². The number of hydrogen-bond acceptors (Lipinski definition) is 3.